The Morgan fingerprint density at radius 2 is 2.42 bits per heavy atom. The van der Waals surface area contributed by atoms with Crippen LogP contribution in [0.2, 0.25) is 0 Å². The zero-order valence-electron chi connectivity index (χ0n) is 6.51. The molecule has 1 aliphatic heterocycles. The molecule has 4 nitrogen and oxygen atoms in total. The number of rotatable bonds is 4. The number of aliphatic hydroxyl groups is 1. The van der Waals surface area contributed by atoms with E-state index in [4.69, 9.17) is 10.2 Å². The second kappa shape index (κ2) is 4.37. The van der Waals surface area contributed by atoms with Gasteiger partial charge in [-0.05, 0) is 5.41 Å². The lowest BCUT2D eigenvalue weighted by Gasteiger charge is -2.21. The van der Waals surface area contributed by atoms with E-state index in [1.54, 1.807) is 11.1 Å². The summed E-state index contributed by atoms with van der Waals surface area (Å²) in [7, 11) is 0. The Kier molecular flexibility index (Phi) is 3.43. The van der Waals surface area contributed by atoms with Gasteiger partial charge in [-0.3, -0.25) is 4.79 Å². The fourth-order valence-corrected chi connectivity index (χ4v) is 1.98. The standard InChI is InChI=1S/C7H11NO3S/c9-3-1-6-8(2-4-12-6)5-7(10)11/h2,4,6,9H,1,3,5H2,(H,10,11). The van der Waals surface area contributed by atoms with E-state index in [-0.39, 0.29) is 18.5 Å². The van der Waals surface area contributed by atoms with Crippen molar-refractivity contribution in [3.63, 3.8) is 0 Å². The molecule has 0 bridgehead atoms. The Labute approximate surface area is 74.9 Å². The first-order valence-electron chi connectivity index (χ1n) is 3.64. The first kappa shape index (κ1) is 9.41. The topological polar surface area (TPSA) is 60.8 Å². The average Bonchev–Trinajstić information content (AvgIpc) is 2.37. The number of carboxylic acids is 1. The number of hydrogen-bond acceptors (Lipinski definition) is 4. The van der Waals surface area contributed by atoms with E-state index < -0.39 is 5.97 Å². The Morgan fingerprint density at radius 3 is 3.00 bits per heavy atom. The molecule has 12 heavy (non-hydrogen) atoms. The smallest absolute Gasteiger partial charge is 0.323 e. The van der Waals surface area contributed by atoms with Gasteiger partial charge in [0.25, 0.3) is 0 Å². The fraction of sp³-hybridized carbons (Fsp3) is 0.571. The van der Waals surface area contributed by atoms with E-state index in [2.05, 4.69) is 0 Å². The Hall–Kier alpha value is -0.680. The lowest BCUT2D eigenvalue weighted by Crippen LogP contribution is -2.30. The molecule has 1 rings (SSSR count). The predicted molar refractivity (Wildman–Crippen MR) is 46.6 cm³/mol. The second-order valence-electron chi connectivity index (χ2n) is 2.45. The number of hydrogen-bond donors (Lipinski definition) is 2. The normalized spacial score (nSPS) is 21.8. The Balaban J connectivity index is 2.39. The summed E-state index contributed by atoms with van der Waals surface area (Å²) in [5.41, 5.74) is 0. The molecule has 1 atom stereocenters. The molecule has 0 spiro atoms. The number of thioether (sulfide) groups is 1. The molecule has 0 aliphatic carbocycles. The van der Waals surface area contributed by atoms with Gasteiger partial charge in [-0.25, -0.2) is 0 Å². The van der Waals surface area contributed by atoms with Crippen molar-refractivity contribution in [2.75, 3.05) is 13.2 Å². The van der Waals surface area contributed by atoms with Crippen molar-refractivity contribution in [1.82, 2.24) is 4.90 Å². The maximum atomic E-state index is 10.4. The van der Waals surface area contributed by atoms with Crippen LogP contribution in [0, 0.1) is 0 Å². The van der Waals surface area contributed by atoms with Crippen LogP contribution in [0.1, 0.15) is 6.42 Å². The summed E-state index contributed by atoms with van der Waals surface area (Å²) in [5.74, 6) is -0.843. The van der Waals surface area contributed by atoms with Gasteiger partial charge < -0.3 is 15.1 Å². The van der Waals surface area contributed by atoms with Gasteiger partial charge in [0, 0.05) is 19.2 Å². The highest BCUT2D eigenvalue weighted by Crippen LogP contribution is 2.26. The van der Waals surface area contributed by atoms with Crippen molar-refractivity contribution >= 4 is 17.7 Å². The molecule has 1 heterocycles. The summed E-state index contributed by atoms with van der Waals surface area (Å²) in [5, 5.41) is 19.1. The molecule has 5 heteroatoms. The van der Waals surface area contributed by atoms with Crippen LogP contribution < -0.4 is 0 Å². The third kappa shape index (κ3) is 2.42. The van der Waals surface area contributed by atoms with Crippen molar-refractivity contribution < 1.29 is 15.0 Å². The van der Waals surface area contributed by atoms with Crippen LogP contribution in [0.4, 0.5) is 0 Å². The molecule has 0 radical (unpaired) electrons. The van der Waals surface area contributed by atoms with Crippen molar-refractivity contribution in [2.24, 2.45) is 0 Å². The lowest BCUT2D eigenvalue weighted by atomic mass is 10.4. The highest BCUT2D eigenvalue weighted by atomic mass is 32.2. The van der Waals surface area contributed by atoms with Gasteiger partial charge in [0.2, 0.25) is 0 Å². The molecule has 1 aliphatic rings. The van der Waals surface area contributed by atoms with Crippen molar-refractivity contribution in [1.29, 1.82) is 0 Å². The zero-order valence-corrected chi connectivity index (χ0v) is 7.33. The van der Waals surface area contributed by atoms with Crippen LogP contribution in [0.5, 0.6) is 0 Å². The summed E-state index contributed by atoms with van der Waals surface area (Å²) < 4.78 is 0. The van der Waals surface area contributed by atoms with Gasteiger partial charge in [-0.1, -0.05) is 0 Å². The van der Waals surface area contributed by atoms with Crippen LogP contribution in [0.25, 0.3) is 0 Å². The van der Waals surface area contributed by atoms with Crippen molar-refractivity contribution in [3.8, 4) is 0 Å². The van der Waals surface area contributed by atoms with Gasteiger partial charge in [0.05, 0.1) is 5.37 Å². The second-order valence-corrected chi connectivity index (χ2v) is 3.54. The zero-order chi connectivity index (χ0) is 8.97. The minimum Gasteiger partial charge on any atom is -0.480 e. The molecule has 0 saturated carbocycles. The third-order valence-corrected chi connectivity index (χ3v) is 2.65. The van der Waals surface area contributed by atoms with Crippen LogP contribution in [0.15, 0.2) is 11.6 Å². The lowest BCUT2D eigenvalue weighted by molar-refractivity contribution is -0.137. The number of carbonyl (C=O) groups is 1. The van der Waals surface area contributed by atoms with E-state index in [0.717, 1.165) is 0 Å². The van der Waals surface area contributed by atoms with Gasteiger partial charge in [0.15, 0.2) is 0 Å². The maximum absolute atomic E-state index is 10.4. The summed E-state index contributed by atoms with van der Waals surface area (Å²) in [6.07, 6.45) is 2.35. The highest BCUT2D eigenvalue weighted by molar-refractivity contribution is 8.02. The highest BCUT2D eigenvalue weighted by Gasteiger charge is 2.20. The summed E-state index contributed by atoms with van der Waals surface area (Å²) in [6, 6.07) is 0. The van der Waals surface area contributed by atoms with E-state index in [0.29, 0.717) is 6.42 Å². The monoisotopic (exact) mass is 189 g/mol. The van der Waals surface area contributed by atoms with E-state index in [1.165, 1.54) is 11.8 Å². The molecule has 68 valence electrons. The molecule has 0 fully saturated rings. The van der Waals surface area contributed by atoms with E-state index >= 15 is 0 Å². The predicted octanol–water partition coefficient (Wildman–Crippen LogP) is 0.300. The average molecular weight is 189 g/mol. The molecular formula is C7H11NO3S. The van der Waals surface area contributed by atoms with Crippen LogP contribution in [-0.2, 0) is 4.79 Å². The SMILES string of the molecule is O=C(O)CN1C=CSC1CCO. The van der Waals surface area contributed by atoms with Crippen LogP contribution in [-0.4, -0.2) is 39.6 Å². The minimum absolute atomic E-state index is 0.00810. The largest absolute Gasteiger partial charge is 0.480 e. The fourth-order valence-electron chi connectivity index (χ4n) is 1.03. The molecule has 0 aromatic heterocycles. The van der Waals surface area contributed by atoms with Gasteiger partial charge in [-0.15, -0.1) is 11.8 Å². The van der Waals surface area contributed by atoms with Crippen molar-refractivity contribution in [3.05, 3.63) is 11.6 Å². The quantitative estimate of drug-likeness (QED) is 0.666. The molecule has 0 saturated heterocycles. The minimum atomic E-state index is -0.843. The van der Waals surface area contributed by atoms with Crippen LogP contribution in [0.3, 0.4) is 0 Å². The molecule has 0 amide bonds. The number of aliphatic carboxylic acids is 1. The van der Waals surface area contributed by atoms with Gasteiger partial charge >= 0.3 is 5.97 Å². The first-order chi connectivity index (χ1) is 5.74. The molecule has 0 aromatic carbocycles. The number of carboxylic acid groups (broad SMARTS) is 1. The van der Waals surface area contributed by atoms with Gasteiger partial charge in [0.1, 0.15) is 6.54 Å². The molecule has 1 unspecified atom stereocenters. The van der Waals surface area contributed by atoms with E-state index in [9.17, 15) is 4.79 Å². The molecule has 0 aromatic rings. The van der Waals surface area contributed by atoms with E-state index in [1.807, 2.05) is 5.41 Å². The Bertz CT molecular complexity index is 195. The van der Waals surface area contributed by atoms with Crippen LogP contribution >= 0.6 is 11.8 Å². The summed E-state index contributed by atoms with van der Waals surface area (Å²) in [6.45, 7) is 0.101. The number of aliphatic hydroxyl groups excluding tert-OH is 1. The number of nitrogens with zero attached hydrogens (tertiary/aromatic N) is 1. The molecular weight excluding hydrogens is 178 g/mol. The first-order valence-corrected chi connectivity index (χ1v) is 4.59. The third-order valence-electron chi connectivity index (χ3n) is 1.55. The maximum Gasteiger partial charge on any atom is 0.323 e. The summed E-state index contributed by atoms with van der Waals surface area (Å²) in [4.78, 5) is 12.1. The van der Waals surface area contributed by atoms with Crippen molar-refractivity contribution in [2.45, 2.75) is 11.8 Å². The summed E-state index contributed by atoms with van der Waals surface area (Å²) >= 11 is 1.54. The van der Waals surface area contributed by atoms with Gasteiger partial charge in [-0.2, -0.15) is 0 Å². The molecule has 2 N–H and O–H groups in total. The Morgan fingerprint density at radius 1 is 1.67 bits per heavy atom.